The highest BCUT2D eigenvalue weighted by atomic mass is 16.1. The fraction of sp³-hybridized carbons (Fsp3) is 0.185. The van der Waals surface area contributed by atoms with Crippen LogP contribution in [0.25, 0.3) is 22.2 Å². The van der Waals surface area contributed by atoms with Gasteiger partial charge >= 0.3 is 0 Å². The van der Waals surface area contributed by atoms with E-state index in [0.29, 0.717) is 6.42 Å². The van der Waals surface area contributed by atoms with Crippen LogP contribution in [0.3, 0.4) is 0 Å². The molecule has 1 aromatic heterocycles. The van der Waals surface area contributed by atoms with Crippen molar-refractivity contribution >= 4 is 16.8 Å². The molecule has 0 unspecified atom stereocenters. The smallest absolute Gasteiger partial charge is 0.224 e. The Morgan fingerprint density at radius 3 is 2.33 bits per heavy atom. The van der Waals surface area contributed by atoms with Gasteiger partial charge in [0.05, 0.1) is 23.7 Å². The summed E-state index contributed by atoms with van der Waals surface area (Å²) in [4.78, 5) is 17.9. The third-order valence-electron chi connectivity index (χ3n) is 5.49. The van der Waals surface area contributed by atoms with Gasteiger partial charge in [-0.05, 0) is 42.2 Å². The quantitative estimate of drug-likeness (QED) is 0.434. The normalized spacial score (nSPS) is 11.9. The lowest BCUT2D eigenvalue weighted by atomic mass is 9.98. The Morgan fingerprint density at radius 1 is 0.933 bits per heavy atom. The molecule has 0 radical (unpaired) electrons. The molecule has 1 atom stereocenters. The lowest BCUT2D eigenvalue weighted by molar-refractivity contribution is -0.121. The van der Waals surface area contributed by atoms with Gasteiger partial charge in [-0.1, -0.05) is 79.7 Å². The first-order valence-electron chi connectivity index (χ1n) is 10.4. The molecule has 1 amide bonds. The molecule has 0 saturated carbocycles. The number of nitrogens with zero attached hydrogens (tertiary/aromatic N) is 1. The molecular weight excluding hydrogens is 368 g/mol. The standard InChI is InChI=1S/C27H26N2O/c1-3-23(20-12-6-4-7-13-20)29-26(30)18-22-17-25(21-14-8-5-9-15-21)28-24-16-10-11-19(2)27(22)24/h4-17,23H,3,18H2,1-2H3,(H,29,30)/t23-/m0/s1. The van der Waals surface area contributed by atoms with Crippen molar-refractivity contribution in [2.75, 3.05) is 0 Å². The topological polar surface area (TPSA) is 42.0 Å². The molecule has 3 heteroatoms. The summed E-state index contributed by atoms with van der Waals surface area (Å²) in [7, 11) is 0. The number of hydrogen-bond donors (Lipinski definition) is 1. The summed E-state index contributed by atoms with van der Waals surface area (Å²) in [5.74, 6) is 0.0282. The van der Waals surface area contributed by atoms with Gasteiger partial charge in [0.1, 0.15) is 0 Å². The first kappa shape index (κ1) is 19.8. The van der Waals surface area contributed by atoms with Crippen LogP contribution in [-0.2, 0) is 11.2 Å². The van der Waals surface area contributed by atoms with E-state index in [1.54, 1.807) is 0 Å². The lowest BCUT2D eigenvalue weighted by Gasteiger charge is -2.18. The van der Waals surface area contributed by atoms with E-state index in [2.05, 4.69) is 55.6 Å². The maximum absolute atomic E-state index is 13.0. The van der Waals surface area contributed by atoms with Crippen molar-refractivity contribution in [3.8, 4) is 11.3 Å². The van der Waals surface area contributed by atoms with E-state index in [-0.39, 0.29) is 11.9 Å². The fourth-order valence-corrected chi connectivity index (χ4v) is 3.98. The third-order valence-corrected chi connectivity index (χ3v) is 5.49. The van der Waals surface area contributed by atoms with Crippen LogP contribution < -0.4 is 5.32 Å². The molecule has 3 aromatic carbocycles. The summed E-state index contributed by atoms with van der Waals surface area (Å²) >= 11 is 0. The summed E-state index contributed by atoms with van der Waals surface area (Å²) < 4.78 is 0. The number of amides is 1. The maximum atomic E-state index is 13.0. The van der Waals surface area contributed by atoms with Crippen molar-refractivity contribution in [3.63, 3.8) is 0 Å². The zero-order chi connectivity index (χ0) is 20.9. The number of hydrogen-bond acceptors (Lipinski definition) is 2. The van der Waals surface area contributed by atoms with Crippen LogP contribution in [0.2, 0.25) is 0 Å². The highest BCUT2D eigenvalue weighted by Crippen LogP contribution is 2.27. The summed E-state index contributed by atoms with van der Waals surface area (Å²) in [5.41, 5.74) is 6.16. The second-order valence-electron chi connectivity index (χ2n) is 7.62. The van der Waals surface area contributed by atoms with Crippen LogP contribution in [0.4, 0.5) is 0 Å². The van der Waals surface area contributed by atoms with E-state index < -0.39 is 0 Å². The fourth-order valence-electron chi connectivity index (χ4n) is 3.98. The van der Waals surface area contributed by atoms with Gasteiger partial charge in [0.25, 0.3) is 0 Å². The number of nitrogens with one attached hydrogen (secondary N) is 1. The minimum atomic E-state index is 0.0153. The zero-order valence-electron chi connectivity index (χ0n) is 17.4. The Hall–Kier alpha value is -3.46. The van der Waals surface area contributed by atoms with Crippen LogP contribution in [0.15, 0.2) is 84.9 Å². The largest absolute Gasteiger partial charge is 0.349 e. The van der Waals surface area contributed by atoms with E-state index in [4.69, 9.17) is 4.98 Å². The Bertz CT molecular complexity index is 1150. The molecule has 0 bridgehead atoms. The summed E-state index contributed by atoms with van der Waals surface area (Å²) in [5, 5.41) is 4.29. The molecule has 4 rings (SSSR count). The molecule has 30 heavy (non-hydrogen) atoms. The Kier molecular flexibility index (Phi) is 5.89. The van der Waals surface area contributed by atoms with Crippen LogP contribution in [0, 0.1) is 6.92 Å². The first-order valence-corrected chi connectivity index (χ1v) is 10.4. The van der Waals surface area contributed by atoms with E-state index >= 15 is 0 Å². The van der Waals surface area contributed by atoms with Crippen molar-refractivity contribution in [1.29, 1.82) is 0 Å². The molecule has 0 aliphatic carbocycles. The maximum Gasteiger partial charge on any atom is 0.224 e. The number of fused-ring (bicyclic) bond motifs is 1. The minimum Gasteiger partial charge on any atom is -0.349 e. The molecule has 4 aromatic rings. The molecule has 0 saturated heterocycles. The summed E-state index contributed by atoms with van der Waals surface area (Å²) in [6.07, 6.45) is 1.17. The second-order valence-corrected chi connectivity index (χ2v) is 7.62. The van der Waals surface area contributed by atoms with E-state index in [9.17, 15) is 4.79 Å². The number of pyridine rings is 1. The Labute approximate surface area is 177 Å². The van der Waals surface area contributed by atoms with Gasteiger partial charge in [-0.15, -0.1) is 0 Å². The van der Waals surface area contributed by atoms with Crippen LogP contribution in [-0.4, -0.2) is 10.9 Å². The highest BCUT2D eigenvalue weighted by Gasteiger charge is 2.16. The van der Waals surface area contributed by atoms with Crippen molar-refractivity contribution in [2.45, 2.75) is 32.7 Å². The monoisotopic (exact) mass is 394 g/mol. The number of benzene rings is 3. The van der Waals surface area contributed by atoms with E-state index in [0.717, 1.165) is 45.3 Å². The molecule has 1 N–H and O–H groups in total. The number of carbonyl (C=O) groups excluding carboxylic acids is 1. The van der Waals surface area contributed by atoms with Crippen molar-refractivity contribution in [3.05, 3.63) is 102 Å². The minimum absolute atomic E-state index is 0.0153. The third kappa shape index (κ3) is 4.25. The van der Waals surface area contributed by atoms with Crippen LogP contribution >= 0.6 is 0 Å². The van der Waals surface area contributed by atoms with Gasteiger partial charge in [0.15, 0.2) is 0 Å². The predicted octanol–water partition coefficient (Wildman–Crippen LogP) is 6.02. The molecule has 0 fully saturated rings. The van der Waals surface area contributed by atoms with Gasteiger partial charge < -0.3 is 5.32 Å². The number of carbonyl (C=O) groups is 1. The van der Waals surface area contributed by atoms with Gasteiger partial charge in [0.2, 0.25) is 5.91 Å². The Balaban J connectivity index is 1.68. The number of aromatic nitrogens is 1. The molecule has 0 aliphatic rings. The van der Waals surface area contributed by atoms with E-state index in [1.807, 2.05) is 48.5 Å². The number of rotatable bonds is 6. The zero-order valence-corrected chi connectivity index (χ0v) is 17.4. The first-order chi connectivity index (χ1) is 14.7. The van der Waals surface area contributed by atoms with Crippen molar-refractivity contribution in [1.82, 2.24) is 10.3 Å². The van der Waals surface area contributed by atoms with E-state index in [1.165, 1.54) is 0 Å². The molecule has 0 aliphatic heterocycles. The second kappa shape index (κ2) is 8.91. The van der Waals surface area contributed by atoms with Gasteiger partial charge in [-0.2, -0.15) is 0 Å². The van der Waals surface area contributed by atoms with Crippen LogP contribution in [0.1, 0.15) is 36.1 Å². The molecule has 3 nitrogen and oxygen atoms in total. The van der Waals surface area contributed by atoms with Gasteiger partial charge in [-0.25, -0.2) is 4.98 Å². The van der Waals surface area contributed by atoms with Crippen molar-refractivity contribution < 1.29 is 4.79 Å². The Morgan fingerprint density at radius 2 is 1.63 bits per heavy atom. The van der Waals surface area contributed by atoms with Crippen LogP contribution in [0.5, 0.6) is 0 Å². The predicted molar refractivity (Wildman–Crippen MR) is 123 cm³/mol. The molecule has 1 heterocycles. The SMILES string of the molecule is CC[C@H](NC(=O)Cc1cc(-c2ccccc2)nc2cccc(C)c12)c1ccccc1. The average molecular weight is 395 g/mol. The number of aryl methyl sites for hydroxylation is 1. The summed E-state index contributed by atoms with van der Waals surface area (Å²) in [6, 6.07) is 28.5. The van der Waals surface area contributed by atoms with Crippen molar-refractivity contribution in [2.24, 2.45) is 0 Å². The van der Waals surface area contributed by atoms with Gasteiger partial charge in [-0.3, -0.25) is 4.79 Å². The molecule has 150 valence electrons. The lowest BCUT2D eigenvalue weighted by Crippen LogP contribution is -2.29. The molecular formula is C27H26N2O. The van der Waals surface area contributed by atoms with Gasteiger partial charge in [0, 0.05) is 10.9 Å². The molecule has 0 spiro atoms. The summed E-state index contributed by atoms with van der Waals surface area (Å²) in [6.45, 7) is 4.17. The average Bonchev–Trinajstić information content (AvgIpc) is 2.78. The highest BCUT2D eigenvalue weighted by molar-refractivity contribution is 5.92.